The van der Waals surface area contributed by atoms with Crippen molar-refractivity contribution in [3.8, 4) is 0 Å². The lowest BCUT2D eigenvalue weighted by molar-refractivity contribution is -0.144. The van der Waals surface area contributed by atoms with Crippen LogP contribution >= 0.6 is 0 Å². The average Bonchev–Trinajstić information content (AvgIpc) is 2.91. The Kier molecular flexibility index (Phi) is 5.45. The van der Waals surface area contributed by atoms with Gasteiger partial charge in [-0.05, 0) is 38.6 Å². The molecule has 0 bridgehead atoms. The van der Waals surface area contributed by atoms with Crippen molar-refractivity contribution < 1.29 is 14.7 Å². The third-order valence-electron chi connectivity index (χ3n) is 4.68. The number of carbonyl (C=O) groups excluding carboxylic acids is 1. The molecule has 0 aromatic carbocycles. The van der Waals surface area contributed by atoms with Crippen molar-refractivity contribution in [1.29, 1.82) is 0 Å². The number of carboxylic acids is 1. The van der Waals surface area contributed by atoms with Crippen LogP contribution in [-0.4, -0.2) is 53.2 Å². The maximum atomic E-state index is 12.1. The Morgan fingerprint density at radius 1 is 1.24 bits per heavy atom. The van der Waals surface area contributed by atoms with E-state index in [4.69, 9.17) is 0 Å². The highest BCUT2D eigenvalue weighted by Crippen LogP contribution is 2.29. The van der Waals surface area contributed by atoms with Gasteiger partial charge in [-0.25, -0.2) is 9.59 Å². The summed E-state index contributed by atoms with van der Waals surface area (Å²) in [7, 11) is 0. The van der Waals surface area contributed by atoms with Gasteiger partial charge in [0.05, 0.1) is 0 Å². The molecule has 6 heteroatoms. The van der Waals surface area contributed by atoms with Gasteiger partial charge in [0.15, 0.2) is 0 Å². The van der Waals surface area contributed by atoms with Crippen LogP contribution in [-0.2, 0) is 4.79 Å². The van der Waals surface area contributed by atoms with Gasteiger partial charge in [-0.2, -0.15) is 0 Å². The van der Waals surface area contributed by atoms with E-state index in [1.165, 1.54) is 0 Å². The summed E-state index contributed by atoms with van der Waals surface area (Å²) in [5, 5.41) is 15.0. The zero-order valence-electron chi connectivity index (χ0n) is 12.9. The van der Waals surface area contributed by atoms with Crippen molar-refractivity contribution in [2.75, 3.05) is 19.6 Å². The number of nitrogens with one attached hydrogen (secondary N) is 2. The lowest BCUT2D eigenvalue weighted by Gasteiger charge is -2.33. The normalized spacial score (nSPS) is 22.9. The minimum atomic E-state index is -1.05. The zero-order valence-corrected chi connectivity index (χ0v) is 12.9. The number of hydrogen-bond donors (Lipinski definition) is 3. The van der Waals surface area contributed by atoms with Crippen LogP contribution in [0, 0.1) is 0 Å². The van der Waals surface area contributed by atoms with Crippen LogP contribution in [0.1, 0.15) is 51.9 Å². The molecule has 1 heterocycles. The molecule has 1 saturated heterocycles. The fourth-order valence-corrected chi connectivity index (χ4v) is 3.43. The quantitative estimate of drug-likeness (QED) is 0.719. The Balaban J connectivity index is 1.78. The third kappa shape index (κ3) is 4.09. The monoisotopic (exact) mass is 297 g/mol. The van der Waals surface area contributed by atoms with Gasteiger partial charge in [-0.3, -0.25) is 0 Å². The highest BCUT2D eigenvalue weighted by Gasteiger charge is 2.42. The van der Waals surface area contributed by atoms with E-state index >= 15 is 0 Å². The van der Waals surface area contributed by atoms with Crippen LogP contribution in [0.15, 0.2) is 0 Å². The highest BCUT2D eigenvalue weighted by atomic mass is 16.4. The van der Waals surface area contributed by atoms with Crippen molar-refractivity contribution in [2.45, 2.75) is 63.5 Å². The van der Waals surface area contributed by atoms with E-state index in [9.17, 15) is 14.7 Å². The zero-order chi connectivity index (χ0) is 15.3. The number of nitrogens with zero attached hydrogens (tertiary/aromatic N) is 1. The van der Waals surface area contributed by atoms with E-state index in [1.54, 1.807) is 0 Å². The van der Waals surface area contributed by atoms with Gasteiger partial charge in [0, 0.05) is 19.1 Å². The van der Waals surface area contributed by atoms with E-state index < -0.39 is 11.5 Å². The standard InChI is InChI=1S/C15H27N3O3/c1-2-9-18-10-5-12(6-11-18)16-14(21)17-15(13(19)20)7-3-4-8-15/h12H,2-11H2,1H3,(H,19,20)(H2,16,17,21). The van der Waals surface area contributed by atoms with Crippen molar-refractivity contribution in [2.24, 2.45) is 0 Å². The second-order valence-electron chi connectivity index (χ2n) is 6.31. The number of urea groups is 1. The Morgan fingerprint density at radius 2 is 1.86 bits per heavy atom. The van der Waals surface area contributed by atoms with Gasteiger partial charge >= 0.3 is 12.0 Å². The van der Waals surface area contributed by atoms with Crippen molar-refractivity contribution >= 4 is 12.0 Å². The lowest BCUT2D eigenvalue weighted by atomic mass is 9.98. The SMILES string of the molecule is CCCN1CCC(NC(=O)NC2(C(=O)O)CCCC2)CC1. The Labute approximate surface area is 126 Å². The summed E-state index contributed by atoms with van der Waals surface area (Å²) in [5.41, 5.74) is -1.05. The van der Waals surface area contributed by atoms with Crippen LogP contribution < -0.4 is 10.6 Å². The number of carboxylic acid groups (broad SMARTS) is 1. The van der Waals surface area contributed by atoms with E-state index in [1.807, 2.05) is 0 Å². The molecule has 2 amide bonds. The largest absolute Gasteiger partial charge is 0.480 e. The third-order valence-corrected chi connectivity index (χ3v) is 4.68. The number of carbonyl (C=O) groups is 2. The number of amides is 2. The molecule has 0 aromatic heterocycles. The molecule has 120 valence electrons. The molecule has 1 aliphatic carbocycles. The van der Waals surface area contributed by atoms with E-state index in [2.05, 4.69) is 22.5 Å². The molecule has 0 aromatic rings. The van der Waals surface area contributed by atoms with E-state index in [-0.39, 0.29) is 12.1 Å². The maximum Gasteiger partial charge on any atom is 0.329 e. The molecule has 3 N–H and O–H groups in total. The maximum absolute atomic E-state index is 12.1. The molecule has 0 atom stereocenters. The van der Waals surface area contributed by atoms with Crippen molar-refractivity contribution in [3.63, 3.8) is 0 Å². The van der Waals surface area contributed by atoms with Crippen LogP contribution in [0.4, 0.5) is 4.79 Å². The Hall–Kier alpha value is -1.30. The predicted octanol–water partition coefficient (Wildman–Crippen LogP) is 1.56. The number of aliphatic carboxylic acids is 1. The Bertz CT molecular complexity index is 372. The number of likely N-dealkylation sites (tertiary alicyclic amines) is 1. The first-order valence-electron chi connectivity index (χ1n) is 8.10. The summed E-state index contributed by atoms with van der Waals surface area (Å²) in [6.07, 6.45) is 5.82. The molecule has 0 spiro atoms. The number of piperidine rings is 1. The molecule has 1 aliphatic heterocycles. The second-order valence-corrected chi connectivity index (χ2v) is 6.31. The average molecular weight is 297 g/mol. The van der Waals surface area contributed by atoms with Gasteiger partial charge in [0.25, 0.3) is 0 Å². The summed E-state index contributed by atoms with van der Waals surface area (Å²) in [5.74, 6) is -0.909. The molecular weight excluding hydrogens is 270 g/mol. The minimum Gasteiger partial charge on any atom is -0.480 e. The molecule has 21 heavy (non-hydrogen) atoms. The molecule has 1 saturated carbocycles. The second kappa shape index (κ2) is 7.11. The van der Waals surface area contributed by atoms with Crippen LogP contribution in [0.25, 0.3) is 0 Å². The smallest absolute Gasteiger partial charge is 0.329 e. The first-order chi connectivity index (χ1) is 10.1. The summed E-state index contributed by atoms with van der Waals surface area (Å²) < 4.78 is 0. The van der Waals surface area contributed by atoms with Crippen LogP contribution in [0.5, 0.6) is 0 Å². The highest BCUT2D eigenvalue weighted by molar-refractivity contribution is 5.86. The van der Waals surface area contributed by atoms with Gasteiger partial charge in [0.1, 0.15) is 5.54 Å². The summed E-state index contributed by atoms with van der Waals surface area (Å²) >= 11 is 0. The van der Waals surface area contributed by atoms with E-state index in [0.29, 0.717) is 12.8 Å². The summed E-state index contributed by atoms with van der Waals surface area (Å²) in [6, 6.07) is -0.168. The molecular formula is C15H27N3O3. The van der Waals surface area contributed by atoms with Gasteiger partial charge in [0.2, 0.25) is 0 Å². The summed E-state index contributed by atoms with van der Waals surface area (Å²) in [6.45, 7) is 5.29. The molecule has 0 unspecified atom stereocenters. The predicted molar refractivity (Wildman–Crippen MR) is 80.3 cm³/mol. The van der Waals surface area contributed by atoms with Gasteiger partial charge < -0.3 is 20.6 Å². The molecule has 2 fully saturated rings. The first-order valence-corrected chi connectivity index (χ1v) is 8.10. The number of hydrogen-bond acceptors (Lipinski definition) is 3. The molecule has 2 rings (SSSR count). The minimum absolute atomic E-state index is 0.158. The fraction of sp³-hybridized carbons (Fsp3) is 0.867. The topological polar surface area (TPSA) is 81.7 Å². The van der Waals surface area contributed by atoms with E-state index in [0.717, 1.165) is 51.7 Å². The lowest BCUT2D eigenvalue weighted by Crippen LogP contribution is -2.57. The summed E-state index contributed by atoms with van der Waals surface area (Å²) in [4.78, 5) is 25.9. The molecule has 2 aliphatic rings. The number of rotatable bonds is 5. The molecule has 0 radical (unpaired) electrons. The van der Waals surface area contributed by atoms with Gasteiger partial charge in [-0.15, -0.1) is 0 Å². The van der Waals surface area contributed by atoms with Crippen LogP contribution in [0.2, 0.25) is 0 Å². The molecule has 6 nitrogen and oxygen atoms in total. The Morgan fingerprint density at radius 3 is 2.38 bits per heavy atom. The fourth-order valence-electron chi connectivity index (χ4n) is 3.43. The van der Waals surface area contributed by atoms with Crippen molar-refractivity contribution in [3.05, 3.63) is 0 Å². The van der Waals surface area contributed by atoms with Crippen LogP contribution in [0.3, 0.4) is 0 Å². The van der Waals surface area contributed by atoms with Crippen molar-refractivity contribution in [1.82, 2.24) is 15.5 Å². The van der Waals surface area contributed by atoms with Gasteiger partial charge in [-0.1, -0.05) is 19.8 Å². The first kappa shape index (κ1) is 16.1.